The molecule has 0 heterocycles. The molecule has 0 spiro atoms. The van der Waals surface area contributed by atoms with Crippen molar-refractivity contribution in [2.45, 2.75) is 13.8 Å². The predicted molar refractivity (Wildman–Crippen MR) is 77.9 cm³/mol. The van der Waals surface area contributed by atoms with E-state index in [1.54, 1.807) is 18.2 Å². The van der Waals surface area contributed by atoms with Crippen LogP contribution < -0.4 is 5.73 Å². The zero-order chi connectivity index (χ0) is 13.3. The van der Waals surface area contributed by atoms with Crippen LogP contribution in [0.25, 0.3) is 0 Å². The first-order chi connectivity index (χ1) is 8.49. The van der Waals surface area contributed by atoms with Gasteiger partial charge in [-0.3, -0.25) is 4.79 Å². The van der Waals surface area contributed by atoms with Gasteiger partial charge in [0.05, 0.1) is 0 Å². The van der Waals surface area contributed by atoms with Crippen LogP contribution in [0.5, 0.6) is 0 Å². The van der Waals surface area contributed by atoms with E-state index in [-0.39, 0.29) is 5.78 Å². The number of anilines is 1. The van der Waals surface area contributed by atoms with Crippen molar-refractivity contribution in [3.63, 3.8) is 0 Å². The monoisotopic (exact) mass is 303 g/mol. The summed E-state index contributed by atoms with van der Waals surface area (Å²) in [5.74, 6) is -0.00250. The number of aryl methyl sites for hydroxylation is 2. The highest BCUT2D eigenvalue weighted by Gasteiger charge is 2.11. The number of rotatable bonds is 2. The van der Waals surface area contributed by atoms with E-state index in [9.17, 15) is 4.79 Å². The molecule has 0 unspecified atom stereocenters. The molecule has 0 radical (unpaired) electrons. The van der Waals surface area contributed by atoms with Gasteiger partial charge in [-0.2, -0.15) is 0 Å². The minimum absolute atomic E-state index is 0.00250. The van der Waals surface area contributed by atoms with Crippen molar-refractivity contribution >= 4 is 27.4 Å². The lowest BCUT2D eigenvalue weighted by Gasteiger charge is -2.06. The number of nitrogen functional groups attached to an aromatic ring is 1. The van der Waals surface area contributed by atoms with Crippen molar-refractivity contribution in [1.82, 2.24) is 0 Å². The number of halogens is 1. The molecule has 0 fully saturated rings. The molecule has 2 N–H and O–H groups in total. The van der Waals surface area contributed by atoms with Crippen LogP contribution in [0.4, 0.5) is 5.69 Å². The third kappa shape index (κ3) is 2.46. The summed E-state index contributed by atoms with van der Waals surface area (Å²) in [7, 11) is 0. The molecule has 18 heavy (non-hydrogen) atoms. The molecule has 0 aromatic heterocycles. The summed E-state index contributed by atoms with van der Waals surface area (Å²) in [5, 5.41) is 0. The minimum Gasteiger partial charge on any atom is -0.398 e. The van der Waals surface area contributed by atoms with Gasteiger partial charge in [0, 0.05) is 21.3 Å². The van der Waals surface area contributed by atoms with Crippen LogP contribution in [-0.4, -0.2) is 5.78 Å². The van der Waals surface area contributed by atoms with E-state index < -0.39 is 0 Å². The first-order valence-electron chi connectivity index (χ1n) is 5.66. The fraction of sp³-hybridized carbons (Fsp3) is 0.133. The van der Waals surface area contributed by atoms with Gasteiger partial charge in [-0.1, -0.05) is 12.1 Å². The number of carbonyl (C=O) groups excluding carboxylic acids is 1. The van der Waals surface area contributed by atoms with Gasteiger partial charge in [0.15, 0.2) is 5.78 Å². The Bertz CT molecular complexity index is 566. The van der Waals surface area contributed by atoms with E-state index in [1.807, 2.05) is 32.0 Å². The molecule has 0 bridgehead atoms. The van der Waals surface area contributed by atoms with E-state index in [2.05, 4.69) is 15.9 Å². The molecule has 2 aromatic carbocycles. The fourth-order valence-corrected chi connectivity index (χ4v) is 1.98. The molecule has 0 aliphatic rings. The number of ketones is 1. The lowest BCUT2D eigenvalue weighted by Crippen LogP contribution is -2.03. The van der Waals surface area contributed by atoms with Gasteiger partial charge >= 0.3 is 0 Å². The summed E-state index contributed by atoms with van der Waals surface area (Å²) in [6.07, 6.45) is 0. The van der Waals surface area contributed by atoms with Gasteiger partial charge < -0.3 is 5.73 Å². The van der Waals surface area contributed by atoms with Crippen molar-refractivity contribution in [2.75, 3.05) is 5.73 Å². The fourth-order valence-electron chi connectivity index (χ4n) is 1.73. The van der Waals surface area contributed by atoms with Gasteiger partial charge in [0.25, 0.3) is 0 Å². The minimum atomic E-state index is -0.00250. The summed E-state index contributed by atoms with van der Waals surface area (Å²) < 4.78 is 0.805. The van der Waals surface area contributed by atoms with Crippen LogP contribution in [0.2, 0.25) is 0 Å². The maximum Gasteiger partial charge on any atom is 0.193 e. The Balaban J connectivity index is 2.41. The Morgan fingerprint density at radius 3 is 2.22 bits per heavy atom. The lowest BCUT2D eigenvalue weighted by molar-refractivity contribution is 0.103. The average molecular weight is 304 g/mol. The van der Waals surface area contributed by atoms with E-state index >= 15 is 0 Å². The SMILES string of the molecule is Cc1ccc(C(=O)c2ccc(Br)c(N)c2)cc1C. The Morgan fingerprint density at radius 1 is 1.00 bits per heavy atom. The molecular formula is C15H14BrNO. The molecule has 92 valence electrons. The third-order valence-electron chi connectivity index (χ3n) is 3.03. The summed E-state index contributed by atoms with van der Waals surface area (Å²) in [6, 6.07) is 11.0. The summed E-state index contributed by atoms with van der Waals surface area (Å²) >= 11 is 3.32. The zero-order valence-corrected chi connectivity index (χ0v) is 11.9. The standard InChI is InChI=1S/C15H14BrNO/c1-9-3-4-11(7-10(9)2)15(18)12-5-6-13(16)14(17)8-12/h3-8H,17H2,1-2H3. The second-order valence-corrected chi connectivity index (χ2v) is 5.22. The summed E-state index contributed by atoms with van der Waals surface area (Å²) in [5.41, 5.74) is 9.97. The largest absolute Gasteiger partial charge is 0.398 e. The maximum atomic E-state index is 12.3. The van der Waals surface area contributed by atoms with Crippen LogP contribution >= 0.6 is 15.9 Å². The van der Waals surface area contributed by atoms with Crippen molar-refractivity contribution in [2.24, 2.45) is 0 Å². The first-order valence-corrected chi connectivity index (χ1v) is 6.45. The van der Waals surface area contributed by atoms with Crippen molar-refractivity contribution < 1.29 is 4.79 Å². The van der Waals surface area contributed by atoms with Crippen molar-refractivity contribution in [1.29, 1.82) is 0 Å². The van der Waals surface area contributed by atoms with Gasteiger partial charge in [0.1, 0.15) is 0 Å². The zero-order valence-electron chi connectivity index (χ0n) is 10.3. The number of hydrogen-bond acceptors (Lipinski definition) is 2. The summed E-state index contributed by atoms with van der Waals surface area (Å²) in [4.78, 5) is 12.3. The number of hydrogen-bond donors (Lipinski definition) is 1. The Kier molecular flexibility index (Phi) is 3.53. The van der Waals surface area contributed by atoms with Gasteiger partial charge in [-0.15, -0.1) is 0 Å². The van der Waals surface area contributed by atoms with Crippen LogP contribution in [0.15, 0.2) is 40.9 Å². The Morgan fingerprint density at radius 2 is 1.61 bits per heavy atom. The molecule has 0 saturated heterocycles. The normalized spacial score (nSPS) is 10.4. The Labute approximate surface area is 115 Å². The maximum absolute atomic E-state index is 12.3. The molecule has 0 saturated carbocycles. The highest BCUT2D eigenvalue weighted by molar-refractivity contribution is 9.10. The third-order valence-corrected chi connectivity index (χ3v) is 3.75. The van der Waals surface area contributed by atoms with Crippen molar-refractivity contribution in [3.8, 4) is 0 Å². The smallest absolute Gasteiger partial charge is 0.193 e. The topological polar surface area (TPSA) is 43.1 Å². The van der Waals surface area contributed by atoms with Gasteiger partial charge in [0.2, 0.25) is 0 Å². The molecule has 2 aromatic rings. The lowest BCUT2D eigenvalue weighted by atomic mass is 9.99. The van der Waals surface area contributed by atoms with E-state index in [4.69, 9.17) is 5.73 Å². The number of benzene rings is 2. The van der Waals surface area contributed by atoms with Gasteiger partial charge in [-0.05, 0) is 65.2 Å². The van der Waals surface area contributed by atoms with Crippen LogP contribution in [0.1, 0.15) is 27.0 Å². The number of carbonyl (C=O) groups is 1. The summed E-state index contributed by atoms with van der Waals surface area (Å²) in [6.45, 7) is 4.03. The molecule has 0 amide bonds. The molecular weight excluding hydrogens is 290 g/mol. The average Bonchev–Trinajstić information content (AvgIpc) is 2.35. The predicted octanol–water partition coefficient (Wildman–Crippen LogP) is 3.88. The molecule has 3 heteroatoms. The van der Waals surface area contributed by atoms with E-state index in [0.717, 1.165) is 10.0 Å². The van der Waals surface area contributed by atoms with E-state index in [0.29, 0.717) is 16.8 Å². The molecule has 0 atom stereocenters. The highest BCUT2D eigenvalue weighted by atomic mass is 79.9. The second kappa shape index (κ2) is 4.94. The molecule has 2 nitrogen and oxygen atoms in total. The first kappa shape index (κ1) is 12.8. The van der Waals surface area contributed by atoms with E-state index in [1.165, 1.54) is 5.56 Å². The van der Waals surface area contributed by atoms with Crippen molar-refractivity contribution in [3.05, 3.63) is 63.1 Å². The van der Waals surface area contributed by atoms with Crippen LogP contribution in [0, 0.1) is 13.8 Å². The quantitative estimate of drug-likeness (QED) is 0.676. The Hall–Kier alpha value is -1.61. The van der Waals surface area contributed by atoms with Crippen LogP contribution in [0.3, 0.4) is 0 Å². The number of nitrogens with two attached hydrogens (primary N) is 1. The van der Waals surface area contributed by atoms with Gasteiger partial charge in [-0.25, -0.2) is 0 Å². The molecule has 0 aliphatic heterocycles. The highest BCUT2D eigenvalue weighted by Crippen LogP contribution is 2.22. The second-order valence-electron chi connectivity index (χ2n) is 4.36. The molecule has 2 rings (SSSR count). The van der Waals surface area contributed by atoms with Crippen LogP contribution in [-0.2, 0) is 0 Å². The molecule has 0 aliphatic carbocycles.